The van der Waals surface area contributed by atoms with E-state index in [-0.39, 0.29) is 25.2 Å². The molecule has 0 amide bonds. The van der Waals surface area contributed by atoms with Crippen LogP contribution in [0.15, 0.2) is 122 Å². The molecule has 0 rings (SSSR count). The maximum absolute atomic E-state index is 12.3. The van der Waals surface area contributed by atoms with Crippen molar-refractivity contribution in [3.8, 4) is 0 Å². The number of unbranched alkanes of at least 4 members (excludes halogenated alkanes) is 20. The van der Waals surface area contributed by atoms with Crippen LogP contribution in [0.5, 0.6) is 0 Å². The summed E-state index contributed by atoms with van der Waals surface area (Å²) < 4.78 is 10.7. The minimum atomic E-state index is -0.786. The van der Waals surface area contributed by atoms with Gasteiger partial charge < -0.3 is 14.6 Å². The summed E-state index contributed by atoms with van der Waals surface area (Å²) in [7, 11) is 0. The maximum Gasteiger partial charge on any atom is 0.306 e. The van der Waals surface area contributed by atoms with E-state index in [4.69, 9.17) is 9.47 Å². The zero-order valence-corrected chi connectivity index (χ0v) is 42.7. The van der Waals surface area contributed by atoms with E-state index in [0.29, 0.717) is 12.8 Å². The van der Waals surface area contributed by atoms with E-state index in [1.54, 1.807) is 0 Å². The number of carbonyl (C=O) groups is 2. The van der Waals surface area contributed by atoms with Gasteiger partial charge in [0.15, 0.2) is 6.10 Å². The van der Waals surface area contributed by atoms with Gasteiger partial charge >= 0.3 is 11.9 Å². The zero-order chi connectivity index (χ0) is 47.7. The number of hydrogen-bond donors (Lipinski definition) is 1. The molecule has 0 bridgehead atoms. The third kappa shape index (κ3) is 52.9. The van der Waals surface area contributed by atoms with E-state index in [1.165, 1.54) is 103 Å². The van der Waals surface area contributed by atoms with Gasteiger partial charge in [-0.1, -0.05) is 232 Å². The van der Waals surface area contributed by atoms with E-state index in [0.717, 1.165) is 103 Å². The van der Waals surface area contributed by atoms with Crippen LogP contribution in [0.2, 0.25) is 0 Å². The minimum Gasteiger partial charge on any atom is -0.462 e. The number of aliphatic hydroxyl groups is 1. The summed E-state index contributed by atoms with van der Waals surface area (Å²) in [5, 5.41) is 9.62. The van der Waals surface area contributed by atoms with Gasteiger partial charge in [-0.25, -0.2) is 0 Å². The van der Waals surface area contributed by atoms with E-state index in [9.17, 15) is 14.7 Å². The van der Waals surface area contributed by atoms with Gasteiger partial charge in [0, 0.05) is 12.8 Å². The first-order chi connectivity index (χ1) is 32.6. The highest BCUT2D eigenvalue weighted by Gasteiger charge is 2.16. The molecule has 0 aliphatic heterocycles. The van der Waals surface area contributed by atoms with Gasteiger partial charge in [-0.3, -0.25) is 9.59 Å². The monoisotopic (exact) mass is 913 g/mol. The molecule has 1 atom stereocenters. The zero-order valence-electron chi connectivity index (χ0n) is 42.7. The topological polar surface area (TPSA) is 72.8 Å². The molecule has 1 N–H and O–H groups in total. The molecule has 0 radical (unpaired) electrons. The van der Waals surface area contributed by atoms with Crippen LogP contribution < -0.4 is 0 Å². The first-order valence-electron chi connectivity index (χ1n) is 27.1. The molecule has 0 saturated carbocycles. The van der Waals surface area contributed by atoms with Crippen LogP contribution in [-0.2, 0) is 19.1 Å². The lowest BCUT2D eigenvalue weighted by Crippen LogP contribution is -2.28. The lowest BCUT2D eigenvalue weighted by atomic mass is 10.0. The average molecular weight is 913 g/mol. The Hall–Kier alpha value is -3.70. The molecule has 374 valence electrons. The largest absolute Gasteiger partial charge is 0.462 e. The Morgan fingerprint density at radius 3 is 0.985 bits per heavy atom. The van der Waals surface area contributed by atoms with Crippen molar-refractivity contribution in [3.63, 3.8) is 0 Å². The second-order valence-corrected chi connectivity index (χ2v) is 17.6. The fourth-order valence-electron chi connectivity index (χ4n) is 7.19. The molecule has 0 spiro atoms. The predicted molar refractivity (Wildman–Crippen MR) is 288 cm³/mol. The summed E-state index contributed by atoms with van der Waals surface area (Å²) in [5.74, 6) is -0.613. The molecule has 5 nitrogen and oxygen atoms in total. The van der Waals surface area contributed by atoms with E-state index in [1.807, 2.05) is 0 Å². The van der Waals surface area contributed by atoms with Gasteiger partial charge in [0.2, 0.25) is 0 Å². The number of aliphatic hydroxyl groups excluding tert-OH is 1. The molecule has 0 heterocycles. The van der Waals surface area contributed by atoms with Crippen molar-refractivity contribution >= 4 is 11.9 Å². The molecule has 0 aromatic heterocycles. The second-order valence-electron chi connectivity index (χ2n) is 17.6. The Labute approximate surface area is 407 Å². The lowest BCUT2D eigenvalue weighted by Gasteiger charge is -2.15. The van der Waals surface area contributed by atoms with E-state index in [2.05, 4.69) is 135 Å². The highest BCUT2D eigenvalue weighted by atomic mass is 16.6. The Bertz CT molecular complexity index is 1350. The van der Waals surface area contributed by atoms with Gasteiger partial charge in [0.25, 0.3) is 0 Å². The predicted octanol–water partition coefficient (Wildman–Crippen LogP) is 18.3. The number of hydrogen-bond acceptors (Lipinski definition) is 5. The second kappa shape index (κ2) is 55.6. The van der Waals surface area contributed by atoms with Crippen molar-refractivity contribution in [1.29, 1.82) is 0 Å². The Kier molecular flexibility index (Phi) is 52.5. The standard InChI is InChI=1S/C61H100O5/c1-3-5-7-9-11-13-15-17-19-20-21-22-23-24-25-26-27-28-29-30-31-32-33-34-35-36-37-38-39-40-42-44-46-48-50-52-54-56-61(64)66-59(57-62)58-65-60(63)55-53-51-49-47-45-43-41-18-16-14-12-10-8-6-4-2/h5,7,11-14,17-19,21-22,24-25,27-28,30-31,33-34,41,59,62H,3-4,6,8-10,15-16,20,23,26,29,32,35-40,42-58H2,1-2H3/b7-5-,13-11-,14-12-,19-17-,22-21-,25-24-,28-27-,31-30-,34-33-,41-18-. The maximum atomic E-state index is 12.3. The number of esters is 2. The molecule has 0 fully saturated rings. The third-order valence-corrected chi connectivity index (χ3v) is 11.2. The van der Waals surface area contributed by atoms with Crippen LogP contribution >= 0.6 is 0 Å². The van der Waals surface area contributed by atoms with Crippen molar-refractivity contribution in [3.05, 3.63) is 122 Å². The molecule has 0 aromatic rings. The Morgan fingerprint density at radius 2 is 0.652 bits per heavy atom. The first kappa shape index (κ1) is 62.3. The van der Waals surface area contributed by atoms with Gasteiger partial charge in [0.05, 0.1) is 6.61 Å². The van der Waals surface area contributed by atoms with Gasteiger partial charge in [-0.2, -0.15) is 0 Å². The highest BCUT2D eigenvalue weighted by molar-refractivity contribution is 5.70. The Balaban J connectivity index is 3.56. The van der Waals surface area contributed by atoms with Crippen molar-refractivity contribution in [2.75, 3.05) is 13.2 Å². The van der Waals surface area contributed by atoms with Crippen LogP contribution in [0.1, 0.15) is 232 Å². The number of carbonyl (C=O) groups excluding carboxylic acids is 2. The summed E-state index contributed by atoms with van der Waals surface area (Å²) in [6.45, 7) is 3.98. The molecule has 0 aliphatic rings. The first-order valence-corrected chi connectivity index (χ1v) is 27.1. The van der Waals surface area contributed by atoms with Crippen LogP contribution in [0.25, 0.3) is 0 Å². The number of allylic oxidation sites excluding steroid dienone is 20. The van der Waals surface area contributed by atoms with E-state index < -0.39 is 6.10 Å². The smallest absolute Gasteiger partial charge is 0.306 e. The van der Waals surface area contributed by atoms with Crippen molar-refractivity contribution in [2.45, 2.75) is 238 Å². The Morgan fingerprint density at radius 1 is 0.364 bits per heavy atom. The summed E-state index contributed by atoms with van der Waals surface area (Å²) in [4.78, 5) is 24.4. The lowest BCUT2D eigenvalue weighted by molar-refractivity contribution is -0.161. The van der Waals surface area contributed by atoms with Gasteiger partial charge in [0.1, 0.15) is 6.61 Å². The molecule has 1 unspecified atom stereocenters. The van der Waals surface area contributed by atoms with Crippen LogP contribution in [0.4, 0.5) is 0 Å². The van der Waals surface area contributed by atoms with Crippen LogP contribution in [-0.4, -0.2) is 36.4 Å². The average Bonchev–Trinajstić information content (AvgIpc) is 3.32. The van der Waals surface area contributed by atoms with Crippen LogP contribution in [0.3, 0.4) is 0 Å². The summed E-state index contributed by atoms with van der Waals surface area (Å²) >= 11 is 0. The molecule has 0 aromatic carbocycles. The van der Waals surface area contributed by atoms with Gasteiger partial charge in [-0.05, 0) is 109 Å². The minimum absolute atomic E-state index is 0.0789. The fraction of sp³-hybridized carbons (Fsp3) is 0.639. The van der Waals surface area contributed by atoms with Crippen molar-refractivity contribution < 1.29 is 24.2 Å². The van der Waals surface area contributed by atoms with Crippen molar-refractivity contribution in [2.24, 2.45) is 0 Å². The van der Waals surface area contributed by atoms with Gasteiger partial charge in [-0.15, -0.1) is 0 Å². The van der Waals surface area contributed by atoms with E-state index >= 15 is 0 Å². The molecular weight excluding hydrogens is 813 g/mol. The molecular formula is C61H100O5. The molecule has 5 heteroatoms. The molecule has 0 aliphatic carbocycles. The summed E-state index contributed by atoms with van der Waals surface area (Å²) in [5.41, 5.74) is 0. The fourth-order valence-corrected chi connectivity index (χ4v) is 7.19. The number of rotatable bonds is 48. The SMILES string of the molecule is CC/C=C\C/C=C\C/C=C\C/C=C\C/C=C\C/C=C\C/C=C\C/C=C\CCCCCCCCCCCCCCC(=O)OC(CO)COC(=O)CCCCCCC/C=C\C/C=C\CCCCC. The quantitative estimate of drug-likeness (QED) is 0.0374. The summed E-state index contributed by atoms with van der Waals surface area (Å²) in [6.07, 6.45) is 81.6. The normalized spacial score (nSPS) is 13.2. The summed E-state index contributed by atoms with van der Waals surface area (Å²) in [6, 6.07) is 0. The highest BCUT2D eigenvalue weighted by Crippen LogP contribution is 2.14. The molecule has 66 heavy (non-hydrogen) atoms. The van der Waals surface area contributed by atoms with Crippen molar-refractivity contribution in [1.82, 2.24) is 0 Å². The van der Waals surface area contributed by atoms with Crippen LogP contribution in [0, 0.1) is 0 Å². The molecule has 0 saturated heterocycles. The third-order valence-electron chi connectivity index (χ3n) is 11.2. The number of ether oxygens (including phenoxy) is 2.